The maximum absolute atomic E-state index is 14.2. The first-order valence-corrected chi connectivity index (χ1v) is 33.7. The summed E-state index contributed by atoms with van der Waals surface area (Å²) in [7, 11) is 0. The lowest BCUT2D eigenvalue weighted by Crippen LogP contribution is -2.38. The van der Waals surface area contributed by atoms with Crippen LogP contribution in [0.2, 0.25) is 0 Å². The summed E-state index contributed by atoms with van der Waals surface area (Å²) in [4.78, 5) is 29.5. The molecule has 0 spiro atoms. The third-order valence-electron chi connectivity index (χ3n) is 16.0. The second kappa shape index (κ2) is 62.2. The number of hydrogen-bond donors (Lipinski definition) is 0. The molecular weight excluding hydrogens is 879 g/mol. The molecule has 1 amide bonds. The molecule has 72 heavy (non-hydrogen) atoms. The molecule has 4 nitrogen and oxygen atoms in total. The summed E-state index contributed by atoms with van der Waals surface area (Å²) in [5, 5.41) is 0. The maximum atomic E-state index is 14.2. The van der Waals surface area contributed by atoms with Gasteiger partial charge in [0.2, 0.25) is 5.91 Å². The Kier molecular flexibility index (Phi) is 61.1. The first-order chi connectivity index (χ1) is 35.6. The Labute approximate surface area is 454 Å². The van der Waals surface area contributed by atoms with Crippen molar-refractivity contribution >= 4 is 11.9 Å². The van der Waals surface area contributed by atoms with Crippen molar-refractivity contribution in [3.8, 4) is 0 Å². The molecule has 0 fully saturated rings. The van der Waals surface area contributed by atoms with Gasteiger partial charge in [-0.2, -0.15) is 0 Å². The van der Waals surface area contributed by atoms with Crippen LogP contribution >= 0.6 is 0 Å². The average Bonchev–Trinajstić information content (AvgIpc) is 3.38. The van der Waals surface area contributed by atoms with Crippen LogP contribution in [0.4, 0.5) is 0 Å². The molecule has 0 aliphatic rings. The van der Waals surface area contributed by atoms with Crippen LogP contribution in [0.15, 0.2) is 12.2 Å². The van der Waals surface area contributed by atoms with Crippen LogP contribution < -0.4 is 0 Å². The van der Waals surface area contributed by atoms with E-state index in [4.69, 9.17) is 4.74 Å². The zero-order valence-electron chi connectivity index (χ0n) is 50.1. The molecule has 428 valence electrons. The zero-order valence-corrected chi connectivity index (χ0v) is 50.1. The molecule has 0 rings (SSSR count). The fraction of sp³-hybridized carbons (Fsp3) is 0.941. The average molecular weight is 1010 g/mol. The van der Waals surface area contributed by atoms with Crippen molar-refractivity contribution in [2.45, 2.75) is 387 Å². The molecule has 0 aromatic rings. The van der Waals surface area contributed by atoms with Gasteiger partial charge in [0, 0.05) is 19.0 Å². The van der Waals surface area contributed by atoms with Gasteiger partial charge in [0.25, 0.3) is 0 Å². The van der Waals surface area contributed by atoms with E-state index in [0.717, 1.165) is 51.6 Å². The molecule has 0 saturated heterocycles. The summed E-state index contributed by atoms with van der Waals surface area (Å²) in [5.41, 5.74) is 0. The number of carbonyl (C=O) groups is 2. The van der Waals surface area contributed by atoms with E-state index in [-0.39, 0.29) is 24.2 Å². The number of hydrogen-bond acceptors (Lipinski definition) is 3. The number of rotatable bonds is 62. The van der Waals surface area contributed by atoms with E-state index < -0.39 is 0 Å². The highest BCUT2D eigenvalue weighted by molar-refractivity contribution is 5.83. The number of ether oxygens (including phenoxy) is 1. The smallest absolute Gasteiger partial charge is 0.306 e. The predicted octanol–water partition coefficient (Wildman–Crippen LogP) is 23.5. The van der Waals surface area contributed by atoms with Gasteiger partial charge in [-0.05, 0) is 51.4 Å². The predicted molar refractivity (Wildman–Crippen MR) is 321 cm³/mol. The highest BCUT2D eigenvalue weighted by Gasteiger charge is 2.27. The van der Waals surface area contributed by atoms with E-state index in [0.29, 0.717) is 6.61 Å². The number of allylic oxidation sites excluding steroid dienone is 2. The molecule has 4 heteroatoms. The SMILES string of the molecule is CCCCC/C=C/CCCCCCCCCCCCCCCCCCCCCCCCCCCCCCCCCC(CC(=O)OCCCCCCCC)C(=O)N(CCCCCCCC)CCCCCCCC. The molecule has 0 aliphatic carbocycles. The number of unbranched alkanes of at least 4 members (excludes halogenated alkanes) is 49. The molecule has 0 radical (unpaired) electrons. The fourth-order valence-electron chi connectivity index (χ4n) is 10.9. The van der Waals surface area contributed by atoms with Gasteiger partial charge in [0.1, 0.15) is 0 Å². The van der Waals surface area contributed by atoms with E-state index in [1.165, 1.54) is 315 Å². The topological polar surface area (TPSA) is 46.6 Å². The molecule has 0 heterocycles. The van der Waals surface area contributed by atoms with Crippen molar-refractivity contribution in [1.29, 1.82) is 0 Å². The third kappa shape index (κ3) is 54.9. The molecular formula is C68H133NO3. The number of carbonyl (C=O) groups excluding carboxylic acids is 2. The molecule has 0 aromatic heterocycles. The van der Waals surface area contributed by atoms with Gasteiger partial charge in [-0.25, -0.2) is 0 Å². The molecule has 0 aliphatic heterocycles. The summed E-state index contributed by atoms with van der Waals surface area (Å²) in [6.07, 6.45) is 78.3. The van der Waals surface area contributed by atoms with E-state index in [1.807, 2.05) is 0 Å². The molecule has 1 atom stereocenters. The van der Waals surface area contributed by atoms with Gasteiger partial charge in [0.15, 0.2) is 0 Å². The number of esters is 1. The Morgan fingerprint density at radius 3 is 0.903 bits per heavy atom. The van der Waals surface area contributed by atoms with E-state index >= 15 is 0 Å². The lowest BCUT2D eigenvalue weighted by Gasteiger charge is -2.27. The first-order valence-electron chi connectivity index (χ1n) is 33.7. The monoisotopic (exact) mass is 1010 g/mol. The van der Waals surface area contributed by atoms with Crippen molar-refractivity contribution in [2.75, 3.05) is 19.7 Å². The van der Waals surface area contributed by atoms with E-state index in [2.05, 4.69) is 44.7 Å². The van der Waals surface area contributed by atoms with Crippen molar-refractivity contribution in [1.82, 2.24) is 4.90 Å². The van der Waals surface area contributed by atoms with Crippen LogP contribution in [0, 0.1) is 5.92 Å². The van der Waals surface area contributed by atoms with E-state index in [1.54, 1.807) is 0 Å². The Balaban J connectivity index is 4.03. The minimum Gasteiger partial charge on any atom is -0.466 e. The molecule has 0 aromatic carbocycles. The van der Waals surface area contributed by atoms with Crippen molar-refractivity contribution < 1.29 is 14.3 Å². The summed E-state index contributed by atoms with van der Waals surface area (Å²) < 4.78 is 5.75. The maximum Gasteiger partial charge on any atom is 0.306 e. The van der Waals surface area contributed by atoms with Gasteiger partial charge in [-0.15, -0.1) is 0 Å². The zero-order chi connectivity index (χ0) is 52.2. The molecule has 0 N–H and O–H groups in total. The number of nitrogens with zero attached hydrogens (tertiary/aromatic N) is 1. The van der Waals surface area contributed by atoms with Crippen LogP contribution in [0.25, 0.3) is 0 Å². The molecule has 1 unspecified atom stereocenters. The summed E-state index contributed by atoms with van der Waals surface area (Å²) in [6.45, 7) is 11.3. The minimum absolute atomic E-state index is 0.156. The highest BCUT2D eigenvalue weighted by atomic mass is 16.5. The van der Waals surface area contributed by atoms with Crippen LogP contribution in [0.5, 0.6) is 0 Å². The van der Waals surface area contributed by atoms with Crippen molar-refractivity contribution in [3.05, 3.63) is 12.2 Å². The van der Waals surface area contributed by atoms with Crippen LogP contribution in [0.3, 0.4) is 0 Å². The van der Waals surface area contributed by atoms with Gasteiger partial charge < -0.3 is 9.64 Å². The number of amides is 1. The second-order valence-electron chi connectivity index (χ2n) is 23.3. The quantitative estimate of drug-likeness (QED) is 0.0346. The van der Waals surface area contributed by atoms with Gasteiger partial charge >= 0.3 is 5.97 Å². The van der Waals surface area contributed by atoms with Crippen LogP contribution in [0.1, 0.15) is 387 Å². The summed E-state index contributed by atoms with van der Waals surface area (Å²) in [6, 6.07) is 0. The van der Waals surface area contributed by atoms with Gasteiger partial charge in [0.05, 0.1) is 13.0 Å². The molecule has 0 bridgehead atoms. The van der Waals surface area contributed by atoms with Crippen LogP contribution in [-0.2, 0) is 14.3 Å². The standard InChI is InChI=1S/C68H133NO3/c1-5-9-13-17-21-22-23-24-25-26-27-28-29-30-31-32-33-34-35-36-37-38-39-40-41-42-43-44-45-46-47-48-49-50-51-52-53-57-61-66(65-67(70)72-64-60-56-20-16-12-8-4)68(71)69(62-58-54-18-14-10-6-2)63-59-55-19-15-11-7-3/h21-22,66H,5-20,23-65H2,1-4H3/b22-21+. The van der Waals surface area contributed by atoms with Crippen molar-refractivity contribution in [3.63, 3.8) is 0 Å². The Bertz CT molecular complexity index is 1060. The fourth-order valence-corrected chi connectivity index (χ4v) is 10.9. The Hall–Kier alpha value is -1.32. The normalized spacial score (nSPS) is 12.1. The Morgan fingerprint density at radius 1 is 0.319 bits per heavy atom. The highest BCUT2D eigenvalue weighted by Crippen LogP contribution is 2.22. The Morgan fingerprint density at radius 2 is 0.569 bits per heavy atom. The molecule has 0 saturated carbocycles. The second-order valence-corrected chi connectivity index (χ2v) is 23.3. The minimum atomic E-state index is -0.227. The van der Waals surface area contributed by atoms with Gasteiger partial charge in [-0.1, -0.05) is 342 Å². The summed E-state index contributed by atoms with van der Waals surface area (Å²) >= 11 is 0. The summed E-state index contributed by atoms with van der Waals surface area (Å²) in [5.74, 6) is -0.152. The first kappa shape index (κ1) is 70.7. The van der Waals surface area contributed by atoms with E-state index in [9.17, 15) is 9.59 Å². The lowest BCUT2D eigenvalue weighted by atomic mass is 9.95. The van der Waals surface area contributed by atoms with Crippen LogP contribution in [-0.4, -0.2) is 36.5 Å². The van der Waals surface area contributed by atoms with Crippen molar-refractivity contribution in [2.24, 2.45) is 5.92 Å². The van der Waals surface area contributed by atoms with Gasteiger partial charge in [-0.3, -0.25) is 9.59 Å². The largest absolute Gasteiger partial charge is 0.466 e. The lowest BCUT2D eigenvalue weighted by molar-refractivity contribution is -0.149. The third-order valence-corrected chi connectivity index (χ3v) is 16.0.